The zero-order valence-corrected chi connectivity index (χ0v) is 15.5. The van der Waals surface area contributed by atoms with Crippen LogP contribution in [-0.4, -0.2) is 40.3 Å². The third kappa shape index (κ3) is 3.93. The number of nitrogens with zero attached hydrogens (tertiary/aromatic N) is 2. The first-order valence-electron chi connectivity index (χ1n) is 8.17. The number of halogens is 1. The average molecular weight is 366 g/mol. The van der Waals surface area contributed by atoms with Crippen LogP contribution >= 0.6 is 12.4 Å². The summed E-state index contributed by atoms with van der Waals surface area (Å²) in [6, 6.07) is 0. The molecule has 0 unspecified atom stereocenters. The van der Waals surface area contributed by atoms with Crippen molar-refractivity contribution in [3.8, 4) is 0 Å². The molecule has 0 atom stereocenters. The second kappa shape index (κ2) is 7.84. The third-order valence-corrected chi connectivity index (χ3v) is 4.58. The zero-order valence-electron chi connectivity index (χ0n) is 14.7. The van der Waals surface area contributed by atoms with E-state index in [0.717, 1.165) is 36.3 Å². The minimum atomic E-state index is -0.168. The van der Waals surface area contributed by atoms with Crippen molar-refractivity contribution < 1.29 is 4.79 Å². The molecule has 25 heavy (non-hydrogen) atoms. The van der Waals surface area contributed by atoms with Gasteiger partial charge in [0.15, 0.2) is 5.65 Å². The Hall–Kier alpha value is -2.12. The number of pyridine rings is 1. The Morgan fingerprint density at radius 2 is 2.16 bits per heavy atom. The van der Waals surface area contributed by atoms with Gasteiger partial charge in [-0.2, -0.15) is 0 Å². The van der Waals surface area contributed by atoms with Gasteiger partial charge < -0.3 is 10.6 Å². The van der Waals surface area contributed by atoms with Gasteiger partial charge in [0.25, 0.3) is 5.56 Å². The van der Waals surface area contributed by atoms with Gasteiger partial charge in [-0.15, -0.1) is 12.4 Å². The molecule has 0 aliphatic carbocycles. The summed E-state index contributed by atoms with van der Waals surface area (Å²) in [4.78, 5) is 28.9. The Labute approximate surface area is 152 Å². The summed E-state index contributed by atoms with van der Waals surface area (Å²) in [5.41, 5.74) is 4.15. The molecule has 0 fully saturated rings. The molecule has 0 aromatic carbocycles. The molecule has 0 radical (unpaired) electrons. The van der Waals surface area contributed by atoms with Crippen molar-refractivity contribution in [1.82, 2.24) is 25.4 Å². The first-order valence-corrected chi connectivity index (χ1v) is 8.17. The van der Waals surface area contributed by atoms with Gasteiger partial charge in [0.2, 0.25) is 5.91 Å². The van der Waals surface area contributed by atoms with E-state index in [0.29, 0.717) is 17.6 Å². The lowest BCUT2D eigenvalue weighted by Gasteiger charge is -2.15. The highest BCUT2D eigenvalue weighted by molar-refractivity contribution is 5.85. The number of carbonyl (C=O) groups excluding carboxylic acids is 1. The molecule has 0 spiro atoms. The normalized spacial score (nSPS) is 14.1. The molecular formula is C17H24ClN5O2. The summed E-state index contributed by atoms with van der Waals surface area (Å²) in [5.74, 6) is -0.0471. The fourth-order valence-corrected chi connectivity index (χ4v) is 3.17. The number of carbonyl (C=O) groups is 1. The smallest absolute Gasteiger partial charge is 0.273 e. The van der Waals surface area contributed by atoms with Crippen LogP contribution in [-0.2, 0) is 18.3 Å². The van der Waals surface area contributed by atoms with Crippen LogP contribution < -0.4 is 16.2 Å². The van der Waals surface area contributed by atoms with E-state index in [1.165, 1.54) is 5.57 Å². The van der Waals surface area contributed by atoms with Gasteiger partial charge in [-0.1, -0.05) is 11.6 Å². The van der Waals surface area contributed by atoms with Gasteiger partial charge in [0.1, 0.15) is 0 Å². The van der Waals surface area contributed by atoms with Gasteiger partial charge >= 0.3 is 0 Å². The molecule has 3 rings (SSSR count). The van der Waals surface area contributed by atoms with Crippen LogP contribution in [0.25, 0.3) is 11.0 Å². The van der Waals surface area contributed by atoms with Gasteiger partial charge in [-0.3, -0.25) is 19.4 Å². The maximum Gasteiger partial charge on any atom is 0.273 e. The topological polar surface area (TPSA) is 91.8 Å². The van der Waals surface area contributed by atoms with E-state index >= 15 is 0 Å². The Kier molecular flexibility index (Phi) is 6.02. The number of hydrogen-bond donors (Lipinski definition) is 3. The molecule has 1 amide bonds. The molecule has 0 saturated carbocycles. The van der Waals surface area contributed by atoms with Crippen molar-refractivity contribution >= 4 is 29.3 Å². The lowest BCUT2D eigenvalue weighted by molar-refractivity contribution is -0.120. The molecule has 1 aliphatic heterocycles. The summed E-state index contributed by atoms with van der Waals surface area (Å²) in [6.45, 7) is 6.16. The monoisotopic (exact) mass is 365 g/mol. The van der Waals surface area contributed by atoms with Crippen LogP contribution in [0.5, 0.6) is 0 Å². The number of hydrogen-bond acceptors (Lipinski definition) is 4. The molecule has 3 heterocycles. The molecular weight excluding hydrogens is 342 g/mol. The van der Waals surface area contributed by atoms with Crippen molar-refractivity contribution in [2.75, 3.05) is 19.6 Å². The van der Waals surface area contributed by atoms with Crippen LogP contribution in [0.4, 0.5) is 0 Å². The number of fused-ring (bicyclic) bond motifs is 1. The van der Waals surface area contributed by atoms with E-state index in [-0.39, 0.29) is 30.3 Å². The number of aromatic nitrogens is 3. The third-order valence-electron chi connectivity index (χ3n) is 4.58. The van der Waals surface area contributed by atoms with Crippen molar-refractivity contribution in [3.63, 3.8) is 0 Å². The second-order valence-electron chi connectivity index (χ2n) is 6.27. The summed E-state index contributed by atoms with van der Waals surface area (Å²) in [5, 5.41) is 9.50. The number of aryl methyl sites for hydroxylation is 3. The zero-order chi connectivity index (χ0) is 17.3. The summed E-state index contributed by atoms with van der Waals surface area (Å²) in [7, 11) is 1.76. The Balaban J connectivity index is 0.00000225. The molecule has 1 aliphatic rings. The maximum absolute atomic E-state index is 12.3. The number of aromatic amines is 1. The summed E-state index contributed by atoms with van der Waals surface area (Å²) in [6.07, 6.45) is 3.32. The maximum atomic E-state index is 12.3. The van der Waals surface area contributed by atoms with Crippen LogP contribution in [0.15, 0.2) is 16.4 Å². The fraction of sp³-hybridized carbons (Fsp3) is 0.471. The first-order chi connectivity index (χ1) is 11.5. The van der Waals surface area contributed by atoms with Gasteiger partial charge in [0, 0.05) is 25.8 Å². The van der Waals surface area contributed by atoms with E-state index in [2.05, 4.69) is 26.8 Å². The molecule has 7 nitrogen and oxygen atoms in total. The van der Waals surface area contributed by atoms with Crippen molar-refractivity contribution in [1.29, 1.82) is 0 Å². The van der Waals surface area contributed by atoms with Crippen molar-refractivity contribution in [2.45, 2.75) is 26.7 Å². The van der Waals surface area contributed by atoms with E-state index in [9.17, 15) is 9.59 Å². The quantitative estimate of drug-likeness (QED) is 0.701. The lowest BCUT2D eigenvalue weighted by atomic mass is 10.0. The van der Waals surface area contributed by atoms with Gasteiger partial charge in [-0.25, -0.2) is 4.98 Å². The highest BCUT2D eigenvalue weighted by Crippen LogP contribution is 2.20. The number of amides is 1. The SMILES string of the molecule is Cc1nc2c(c(C)c1CC(=O)NCC1=CCNCC1)c(=O)[nH]n2C.Cl. The Bertz CT molecular complexity index is 881. The average Bonchev–Trinajstić information content (AvgIpc) is 2.84. The molecule has 2 aromatic heterocycles. The molecule has 3 N–H and O–H groups in total. The molecule has 0 saturated heterocycles. The molecule has 2 aromatic rings. The van der Waals surface area contributed by atoms with Crippen LogP contribution in [0.2, 0.25) is 0 Å². The summed E-state index contributed by atoms with van der Waals surface area (Å²) < 4.78 is 1.62. The van der Waals surface area contributed by atoms with E-state index in [1.54, 1.807) is 11.7 Å². The number of H-pyrrole nitrogens is 1. The molecule has 136 valence electrons. The van der Waals surface area contributed by atoms with E-state index in [4.69, 9.17) is 0 Å². The number of nitrogens with one attached hydrogen (secondary N) is 3. The molecule has 8 heteroatoms. The van der Waals surface area contributed by atoms with E-state index in [1.807, 2.05) is 13.8 Å². The van der Waals surface area contributed by atoms with Gasteiger partial charge in [-0.05, 0) is 37.9 Å². The van der Waals surface area contributed by atoms with Crippen LogP contribution in [0.1, 0.15) is 23.2 Å². The largest absolute Gasteiger partial charge is 0.352 e. The highest BCUT2D eigenvalue weighted by Gasteiger charge is 2.17. The molecule has 0 bridgehead atoms. The highest BCUT2D eigenvalue weighted by atomic mass is 35.5. The minimum Gasteiger partial charge on any atom is -0.352 e. The second-order valence-corrected chi connectivity index (χ2v) is 6.27. The minimum absolute atomic E-state index is 0. The van der Waals surface area contributed by atoms with E-state index < -0.39 is 0 Å². The fourth-order valence-electron chi connectivity index (χ4n) is 3.17. The lowest BCUT2D eigenvalue weighted by Crippen LogP contribution is -2.31. The Morgan fingerprint density at radius 3 is 2.84 bits per heavy atom. The van der Waals surface area contributed by atoms with Crippen molar-refractivity contribution in [2.24, 2.45) is 7.05 Å². The summed E-state index contributed by atoms with van der Waals surface area (Å²) >= 11 is 0. The standard InChI is InChI=1S/C17H23N5O2.ClH/c1-10-13(8-14(23)19-9-12-4-6-18-7-5-12)11(2)20-16-15(10)17(24)21-22(16)3;/h4,18H,5-9H2,1-3H3,(H,19,23)(H,21,24);1H. The van der Waals surface area contributed by atoms with Crippen LogP contribution in [0.3, 0.4) is 0 Å². The predicted octanol–water partition coefficient (Wildman–Crippen LogP) is 0.879. The van der Waals surface area contributed by atoms with Crippen molar-refractivity contribution in [3.05, 3.63) is 38.8 Å². The predicted molar refractivity (Wildman–Crippen MR) is 100 cm³/mol. The first kappa shape index (κ1) is 19.2. The Morgan fingerprint density at radius 1 is 1.40 bits per heavy atom. The van der Waals surface area contributed by atoms with Gasteiger partial charge in [0.05, 0.1) is 11.8 Å². The van der Waals surface area contributed by atoms with Crippen LogP contribution in [0, 0.1) is 13.8 Å². The number of rotatable bonds is 4.